The summed E-state index contributed by atoms with van der Waals surface area (Å²) in [5.41, 5.74) is 4.09. The van der Waals surface area contributed by atoms with E-state index in [4.69, 9.17) is 0 Å². The van der Waals surface area contributed by atoms with Crippen molar-refractivity contribution in [2.24, 2.45) is 0 Å². The number of benzene rings is 1. The van der Waals surface area contributed by atoms with Crippen molar-refractivity contribution >= 4 is 11.6 Å². The van der Waals surface area contributed by atoms with Gasteiger partial charge in [-0.3, -0.25) is 9.20 Å². The summed E-state index contributed by atoms with van der Waals surface area (Å²) >= 11 is 0. The summed E-state index contributed by atoms with van der Waals surface area (Å²) in [6.07, 6.45) is 1.92. The number of hydrogen-bond acceptors (Lipinski definition) is 3. The quantitative estimate of drug-likeness (QED) is 0.785. The first kappa shape index (κ1) is 16.2. The molecule has 0 saturated carbocycles. The molecule has 2 heterocycles. The fourth-order valence-corrected chi connectivity index (χ4v) is 2.85. The van der Waals surface area contributed by atoms with Gasteiger partial charge < -0.3 is 10.0 Å². The van der Waals surface area contributed by atoms with E-state index in [-0.39, 0.29) is 19.1 Å². The number of aryl methyl sites for hydroxylation is 2. The van der Waals surface area contributed by atoms with Crippen LogP contribution in [0.4, 0.5) is 0 Å². The summed E-state index contributed by atoms with van der Waals surface area (Å²) < 4.78 is 1.84. The Morgan fingerprint density at radius 3 is 2.62 bits per heavy atom. The molecule has 0 aliphatic rings. The summed E-state index contributed by atoms with van der Waals surface area (Å²) in [6, 6.07) is 13.7. The summed E-state index contributed by atoms with van der Waals surface area (Å²) in [4.78, 5) is 19.2. The van der Waals surface area contributed by atoms with Crippen molar-refractivity contribution in [2.45, 2.75) is 20.4 Å². The Morgan fingerprint density at radius 1 is 1.17 bits per heavy atom. The summed E-state index contributed by atoms with van der Waals surface area (Å²) in [7, 11) is 0. The molecule has 24 heavy (non-hydrogen) atoms. The molecule has 0 aliphatic heterocycles. The Labute approximate surface area is 141 Å². The molecule has 5 nitrogen and oxygen atoms in total. The molecule has 1 aromatic carbocycles. The van der Waals surface area contributed by atoms with Crippen LogP contribution in [0.2, 0.25) is 0 Å². The third kappa shape index (κ3) is 3.16. The SMILES string of the molecule is Cc1ccc2nc(C)c(C(=O)N(CCO)Cc3ccccc3)n2c1. The van der Waals surface area contributed by atoms with E-state index >= 15 is 0 Å². The topological polar surface area (TPSA) is 57.8 Å². The van der Waals surface area contributed by atoms with Crippen LogP contribution in [-0.2, 0) is 6.54 Å². The molecule has 0 bridgehead atoms. The zero-order chi connectivity index (χ0) is 17.1. The van der Waals surface area contributed by atoms with Crippen molar-refractivity contribution in [1.82, 2.24) is 14.3 Å². The first-order valence-corrected chi connectivity index (χ1v) is 7.99. The van der Waals surface area contributed by atoms with Crippen molar-refractivity contribution < 1.29 is 9.90 Å². The van der Waals surface area contributed by atoms with Crippen LogP contribution in [0.25, 0.3) is 5.65 Å². The Balaban J connectivity index is 1.98. The number of fused-ring (bicyclic) bond motifs is 1. The van der Waals surface area contributed by atoms with Crippen LogP contribution in [0, 0.1) is 13.8 Å². The van der Waals surface area contributed by atoms with Crippen molar-refractivity contribution in [3.63, 3.8) is 0 Å². The van der Waals surface area contributed by atoms with Gasteiger partial charge in [0.1, 0.15) is 11.3 Å². The van der Waals surface area contributed by atoms with Crippen LogP contribution in [-0.4, -0.2) is 38.4 Å². The number of carbonyl (C=O) groups excluding carboxylic acids is 1. The van der Waals surface area contributed by atoms with Crippen molar-refractivity contribution in [2.75, 3.05) is 13.2 Å². The lowest BCUT2D eigenvalue weighted by Gasteiger charge is -2.22. The lowest BCUT2D eigenvalue weighted by Crippen LogP contribution is -2.34. The lowest BCUT2D eigenvalue weighted by molar-refractivity contribution is 0.0700. The zero-order valence-electron chi connectivity index (χ0n) is 13.9. The Kier molecular flexibility index (Phi) is 4.62. The Morgan fingerprint density at radius 2 is 1.92 bits per heavy atom. The van der Waals surface area contributed by atoms with Gasteiger partial charge in [0.2, 0.25) is 0 Å². The molecule has 1 N–H and O–H groups in total. The predicted molar refractivity (Wildman–Crippen MR) is 92.9 cm³/mol. The van der Waals surface area contributed by atoms with Crippen molar-refractivity contribution in [1.29, 1.82) is 0 Å². The second-order valence-electron chi connectivity index (χ2n) is 5.92. The molecule has 124 valence electrons. The number of pyridine rings is 1. The van der Waals surface area contributed by atoms with Gasteiger partial charge in [0, 0.05) is 19.3 Å². The molecule has 1 amide bonds. The molecule has 0 aliphatic carbocycles. The highest BCUT2D eigenvalue weighted by Crippen LogP contribution is 2.17. The molecule has 0 unspecified atom stereocenters. The fourth-order valence-electron chi connectivity index (χ4n) is 2.85. The minimum Gasteiger partial charge on any atom is -0.395 e. The average molecular weight is 323 g/mol. The number of rotatable bonds is 5. The Bertz CT molecular complexity index is 856. The number of carbonyl (C=O) groups is 1. The molecule has 0 radical (unpaired) electrons. The maximum Gasteiger partial charge on any atom is 0.273 e. The molecule has 0 spiro atoms. The van der Waals surface area contributed by atoms with Crippen LogP contribution >= 0.6 is 0 Å². The van der Waals surface area contributed by atoms with E-state index in [0.717, 1.165) is 16.8 Å². The monoisotopic (exact) mass is 323 g/mol. The van der Waals surface area contributed by atoms with Gasteiger partial charge in [0.05, 0.1) is 12.3 Å². The van der Waals surface area contributed by atoms with Gasteiger partial charge in [-0.05, 0) is 31.0 Å². The van der Waals surface area contributed by atoms with Crippen molar-refractivity contribution in [3.8, 4) is 0 Å². The summed E-state index contributed by atoms with van der Waals surface area (Å²) in [5, 5.41) is 9.37. The molecule has 3 rings (SSSR count). The zero-order valence-corrected chi connectivity index (χ0v) is 13.9. The van der Waals surface area contributed by atoms with Gasteiger partial charge in [-0.25, -0.2) is 4.98 Å². The van der Waals surface area contributed by atoms with Gasteiger partial charge in [-0.15, -0.1) is 0 Å². The molecule has 5 heteroatoms. The standard InChI is InChI=1S/C19H21N3O2/c1-14-8-9-17-20-15(2)18(22(17)12-14)19(24)21(10-11-23)13-16-6-4-3-5-7-16/h3-9,12,23H,10-11,13H2,1-2H3. The summed E-state index contributed by atoms with van der Waals surface area (Å²) in [5.74, 6) is -0.122. The normalized spacial score (nSPS) is 11.0. The van der Waals surface area contributed by atoms with Gasteiger partial charge in [-0.2, -0.15) is 0 Å². The number of aromatic nitrogens is 2. The minimum absolute atomic E-state index is 0.0760. The molecule has 0 atom stereocenters. The van der Waals surface area contributed by atoms with Crippen LogP contribution in [0.3, 0.4) is 0 Å². The van der Waals surface area contributed by atoms with E-state index < -0.39 is 0 Å². The highest BCUT2D eigenvalue weighted by molar-refractivity contribution is 5.94. The van der Waals surface area contributed by atoms with E-state index in [9.17, 15) is 9.90 Å². The van der Waals surface area contributed by atoms with Crippen LogP contribution in [0.1, 0.15) is 27.3 Å². The number of aliphatic hydroxyl groups excluding tert-OH is 1. The minimum atomic E-state index is -0.122. The second-order valence-corrected chi connectivity index (χ2v) is 5.92. The Hall–Kier alpha value is -2.66. The first-order chi connectivity index (χ1) is 11.6. The third-order valence-electron chi connectivity index (χ3n) is 4.02. The predicted octanol–water partition coefficient (Wildman–Crippen LogP) is 2.59. The van der Waals surface area contributed by atoms with Gasteiger partial charge in [-0.1, -0.05) is 36.4 Å². The van der Waals surface area contributed by atoms with E-state index in [0.29, 0.717) is 17.9 Å². The average Bonchev–Trinajstić information content (AvgIpc) is 2.90. The van der Waals surface area contributed by atoms with E-state index in [1.165, 1.54) is 0 Å². The van der Waals surface area contributed by atoms with Crippen molar-refractivity contribution in [3.05, 3.63) is 71.2 Å². The smallest absolute Gasteiger partial charge is 0.273 e. The number of imidazole rings is 1. The molecule has 2 aromatic heterocycles. The van der Waals surface area contributed by atoms with Crippen LogP contribution < -0.4 is 0 Å². The first-order valence-electron chi connectivity index (χ1n) is 7.99. The van der Waals surface area contributed by atoms with Gasteiger partial charge >= 0.3 is 0 Å². The van der Waals surface area contributed by atoms with Crippen LogP contribution in [0.15, 0.2) is 48.7 Å². The third-order valence-corrected chi connectivity index (χ3v) is 4.02. The molecule has 0 saturated heterocycles. The highest BCUT2D eigenvalue weighted by atomic mass is 16.3. The number of aliphatic hydroxyl groups is 1. The largest absolute Gasteiger partial charge is 0.395 e. The lowest BCUT2D eigenvalue weighted by atomic mass is 10.2. The van der Waals surface area contributed by atoms with Crippen LogP contribution in [0.5, 0.6) is 0 Å². The fraction of sp³-hybridized carbons (Fsp3) is 0.263. The number of nitrogens with zero attached hydrogens (tertiary/aromatic N) is 3. The van der Waals surface area contributed by atoms with E-state index in [1.807, 2.05) is 66.9 Å². The maximum atomic E-state index is 13.1. The molecule has 0 fully saturated rings. The molecular formula is C19H21N3O2. The summed E-state index contributed by atoms with van der Waals surface area (Å²) in [6.45, 7) is 4.49. The second kappa shape index (κ2) is 6.84. The molecule has 3 aromatic rings. The van der Waals surface area contributed by atoms with Gasteiger partial charge in [0.25, 0.3) is 5.91 Å². The van der Waals surface area contributed by atoms with Gasteiger partial charge in [0.15, 0.2) is 0 Å². The highest BCUT2D eigenvalue weighted by Gasteiger charge is 2.22. The maximum absolute atomic E-state index is 13.1. The van der Waals surface area contributed by atoms with E-state index in [1.54, 1.807) is 4.90 Å². The van der Waals surface area contributed by atoms with E-state index in [2.05, 4.69) is 4.98 Å². The number of amides is 1. The number of hydrogen-bond donors (Lipinski definition) is 1. The molecular weight excluding hydrogens is 302 g/mol.